The molecule has 10 aromatic carbocycles. The van der Waals surface area contributed by atoms with Crippen molar-refractivity contribution in [3.63, 3.8) is 0 Å². The molecule has 0 atom stereocenters. The summed E-state index contributed by atoms with van der Waals surface area (Å²) in [7, 11) is 0. The van der Waals surface area contributed by atoms with Crippen molar-refractivity contribution >= 4 is 66.4 Å². The van der Waals surface area contributed by atoms with Crippen LogP contribution in [0.25, 0.3) is 54.6 Å². The van der Waals surface area contributed by atoms with Crippen LogP contribution in [0.1, 0.15) is 74.9 Å². The predicted molar refractivity (Wildman–Crippen MR) is 296 cm³/mol. The van der Waals surface area contributed by atoms with Gasteiger partial charge in [-0.25, -0.2) is 0 Å². The van der Waals surface area contributed by atoms with Gasteiger partial charge in [-0.15, -0.1) is 0 Å². The van der Waals surface area contributed by atoms with Crippen molar-refractivity contribution in [2.45, 2.75) is 82.1 Å². The molecule has 0 aliphatic heterocycles. The summed E-state index contributed by atoms with van der Waals surface area (Å²) < 4.78 is 0. The molecule has 2 heteroatoms. The summed E-state index contributed by atoms with van der Waals surface area (Å²) in [6.07, 6.45) is 1.86. The average Bonchev–Trinajstić information content (AvgIpc) is 3.31. The molecule has 2 nitrogen and oxygen atoms in total. The van der Waals surface area contributed by atoms with E-state index in [-0.39, 0.29) is 10.8 Å². The lowest BCUT2D eigenvalue weighted by atomic mass is 9.80. The van der Waals surface area contributed by atoms with E-state index in [9.17, 15) is 0 Å². The van der Waals surface area contributed by atoms with Gasteiger partial charge < -0.3 is 9.80 Å². The van der Waals surface area contributed by atoms with Crippen LogP contribution in [-0.4, -0.2) is 0 Å². The largest absolute Gasteiger partial charge is 0.310 e. The maximum absolute atomic E-state index is 2.55. The third kappa shape index (κ3) is 8.65. The number of anilines is 6. The van der Waals surface area contributed by atoms with E-state index in [1.54, 1.807) is 0 Å². The van der Waals surface area contributed by atoms with E-state index in [0.717, 1.165) is 24.2 Å². The highest BCUT2D eigenvalue weighted by Crippen LogP contribution is 2.52. The second-order valence-electron chi connectivity index (χ2n) is 21.7. The Morgan fingerprint density at radius 1 is 0.324 bits per heavy atom. The van der Waals surface area contributed by atoms with Crippen LogP contribution in [0.2, 0.25) is 0 Å². The summed E-state index contributed by atoms with van der Waals surface area (Å²) in [5, 5.41) is 7.84. The van der Waals surface area contributed by atoms with E-state index in [1.165, 1.54) is 111 Å². The van der Waals surface area contributed by atoms with Crippen molar-refractivity contribution in [3.8, 4) is 22.3 Å². The van der Waals surface area contributed by atoms with Gasteiger partial charge >= 0.3 is 0 Å². The lowest BCUT2D eigenvalue weighted by Gasteiger charge is -2.33. The fourth-order valence-corrected chi connectivity index (χ4v) is 10.4. The molecule has 0 bridgehead atoms. The Hall–Kier alpha value is -7.16. The van der Waals surface area contributed by atoms with Crippen LogP contribution >= 0.6 is 0 Å². The van der Waals surface area contributed by atoms with E-state index in [0.29, 0.717) is 0 Å². The van der Waals surface area contributed by atoms with Crippen LogP contribution in [0.3, 0.4) is 0 Å². The van der Waals surface area contributed by atoms with Crippen molar-refractivity contribution in [2.75, 3.05) is 9.80 Å². The van der Waals surface area contributed by atoms with Gasteiger partial charge in [-0.2, -0.15) is 0 Å². The van der Waals surface area contributed by atoms with Gasteiger partial charge in [0.25, 0.3) is 0 Å². The van der Waals surface area contributed by atoms with Crippen LogP contribution in [0.4, 0.5) is 34.1 Å². The maximum atomic E-state index is 2.55. The molecule has 0 saturated heterocycles. The highest BCUT2D eigenvalue weighted by Gasteiger charge is 2.28. The Bertz CT molecular complexity index is 3190. The van der Waals surface area contributed by atoms with Crippen molar-refractivity contribution < 1.29 is 0 Å². The predicted octanol–water partition coefficient (Wildman–Crippen LogP) is 19.3. The van der Waals surface area contributed by atoms with Crippen molar-refractivity contribution in [1.82, 2.24) is 0 Å². The van der Waals surface area contributed by atoms with Crippen LogP contribution in [-0.2, 0) is 12.8 Å². The molecule has 0 amide bonds. The summed E-state index contributed by atoms with van der Waals surface area (Å²) in [4.78, 5) is 5.10. The third-order valence-electron chi connectivity index (χ3n) is 13.6. The second kappa shape index (κ2) is 17.5. The first-order chi connectivity index (χ1) is 32.6. The monoisotopic (exact) mass is 885 g/mol. The Morgan fingerprint density at radius 3 is 1.03 bits per heavy atom. The summed E-state index contributed by atoms with van der Waals surface area (Å²) in [5.74, 6) is 0. The van der Waals surface area contributed by atoms with E-state index < -0.39 is 0 Å². The minimum absolute atomic E-state index is 0.0457. The number of hydrogen-bond donors (Lipinski definition) is 0. The minimum atomic E-state index is 0.0457. The van der Waals surface area contributed by atoms with E-state index in [4.69, 9.17) is 0 Å². The molecule has 10 aromatic rings. The molecule has 0 spiro atoms. The Balaban J connectivity index is 1.33. The highest BCUT2D eigenvalue weighted by molar-refractivity contribution is 6.29. The molecule has 0 fully saturated rings. The van der Waals surface area contributed by atoms with Gasteiger partial charge in [0.15, 0.2) is 0 Å². The zero-order valence-corrected chi connectivity index (χ0v) is 41.6. The number of rotatable bonds is 10. The maximum Gasteiger partial charge on any atom is 0.0543 e. The van der Waals surface area contributed by atoms with Gasteiger partial charge in [0.1, 0.15) is 0 Å². The molecule has 0 N–H and O–H groups in total. The molecule has 0 aliphatic carbocycles. The van der Waals surface area contributed by atoms with Gasteiger partial charge in [0.05, 0.1) is 11.4 Å². The van der Waals surface area contributed by atoms with Gasteiger partial charge in [-0.1, -0.05) is 186 Å². The standard InChI is InChI=1S/C66H64N2/c1-43-21-29-53(30-22-43)67(59-37-49(27-25-45(59)3)47-17-13-11-14-18-47)61-39-51(41-65(5,6)7)55-34-36-58-62(40-52(42-66(8,9)10)56-33-35-57(61)63(55)64(56)58)68(54-31-23-44(2)24-32-54)60-38-50(28-26-46(60)4)48-19-15-12-16-20-48/h11-40H,41-42H2,1-10H3. The summed E-state index contributed by atoms with van der Waals surface area (Å²) in [5.41, 5.74) is 19.7. The molecule has 0 unspecified atom stereocenters. The normalized spacial score (nSPS) is 12.1. The molecule has 10 rings (SSSR count). The fraction of sp³-hybridized carbons (Fsp3) is 0.212. The summed E-state index contributed by atoms with van der Waals surface area (Å²) in [6, 6.07) is 68.6. The van der Waals surface area contributed by atoms with Gasteiger partial charge in [-0.3, -0.25) is 0 Å². The quantitative estimate of drug-likeness (QED) is 0.126. The molecule has 68 heavy (non-hydrogen) atoms. The summed E-state index contributed by atoms with van der Waals surface area (Å²) >= 11 is 0. The Kier molecular flexibility index (Phi) is 11.5. The van der Waals surface area contributed by atoms with Gasteiger partial charge in [0, 0.05) is 33.5 Å². The van der Waals surface area contributed by atoms with Crippen LogP contribution < -0.4 is 9.80 Å². The van der Waals surface area contributed by atoms with E-state index in [1.807, 2.05) is 0 Å². The number of nitrogens with zero attached hydrogens (tertiary/aromatic N) is 2. The molecule has 0 heterocycles. The van der Waals surface area contributed by atoms with Crippen molar-refractivity contribution in [2.24, 2.45) is 10.8 Å². The number of benzene rings is 10. The third-order valence-corrected chi connectivity index (χ3v) is 13.6. The smallest absolute Gasteiger partial charge is 0.0543 e. The van der Waals surface area contributed by atoms with E-state index in [2.05, 4.69) is 261 Å². The van der Waals surface area contributed by atoms with Crippen molar-refractivity contribution in [3.05, 3.63) is 215 Å². The highest BCUT2D eigenvalue weighted by atomic mass is 15.2. The topological polar surface area (TPSA) is 6.48 Å². The molecule has 0 saturated carbocycles. The average molecular weight is 885 g/mol. The minimum Gasteiger partial charge on any atom is -0.310 e. The first-order valence-corrected chi connectivity index (χ1v) is 24.4. The van der Waals surface area contributed by atoms with Gasteiger partial charge in [-0.05, 0) is 166 Å². The SMILES string of the molecule is Cc1ccc(N(c2cc(-c3ccccc3)ccc2C)c2cc(CC(C)(C)C)c3ccc4c(N(c5ccc(C)cc5)c5cc(-c6ccccc6)ccc5C)cc(CC(C)(C)C)c5ccc2c3c54)cc1. The second-order valence-corrected chi connectivity index (χ2v) is 21.7. The lowest BCUT2D eigenvalue weighted by Crippen LogP contribution is -2.16. The Morgan fingerprint density at radius 2 is 0.676 bits per heavy atom. The van der Waals surface area contributed by atoms with Gasteiger partial charge in [0.2, 0.25) is 0 Å². The number of aryl methyl sites for hydroxylation is 4. The first-order valence-electron chi connectivity index (χ1n) is 24.4. The van der Waals surface area contributed by atoms with E-state index >= 15 is 0 Å². The van der Waals surface area contributed by atoms with Crippen LogP contribution in [0.15, 0.2) is 182 Å². The van der Waals surface area contributed by atoms with Crippen molar-refractivity contribution in [1.29, 1.82) is 0 Å². The zero-order valence-electron chi connectivity index (χ0n) is 41.6. The summed E-state index contributed by atoms with van der Waals surface area (Å²) in [6.45, 7) is 23.1. The Labute approximate surface area is 404 Å². The van der Waals surface area contributed by atoms with Crippen LogP contribution in [0.5, 0.6) is 0 Å². The zero-order chi connectivity index (χ0) is 47.5. The molecule has 338 valence electrons. The first kappa shape index (κ1) is 44.7. The van der Waals surface area contributed by atoms with Crippen LogP contribution in [0, 0.1) is 38.5 Å². The molecule has 0 radical (unpaired) electrons. The molecular formula is C66H64N2. The molecular weight excluding hydrogens is 821 g/mol. The fourth-order valence-electron chi connectivity index (χ4n) is 10.4. The lowest BCUT2D eigenvalue weighted by molar-refractivity contribution is 0.412. The molecule has 0 aromatic heterocycles. The molecule has 0 aliphatic rings. The number of hydrogen-bond acceptors (Lipinski definition) is 2.